The second kappa shape index (κ2) is 10.6. The van der Waals surface area contributed by atoms with Gasteiger partial charge in [-0.2, -0.15) is 4.98 Å². The van der Waals surface area contributed by atoms with Crippen molar-refractivity contribution in [1.82, 2.24) is 40.1 Å². The minimum absolute atomic E-state index is 0.0932. The lowest BCUT2D eigenvalue weighted by molar-refractivity contribution is 0.372. The standard InChI is InChI=1S/C26H32N10O/c37-24-17-27-22-16-28-26(30-25(22)36(24)21-5-1-2-6-21)29-19-8-10-20(11-9-19)35-14-12-18(13-15-35)4-3-7-23-31-33-34-32-23/h8-11,16-18,21H,1-7,12-15H2,(H,28,29,30)(H,31,32,33,34). The van der Waals surface area contributed by atoms with Crippen LogP contribution in [0.5, 0.6) is 0 Å². The van der Waals surface area contributed by atoms with Crippen LogP contribution in [-0.4, -0.2) is 53.2 Å². The number of nitrogens with zero attached hydrogens (tertiary/aromatic N) is 8. The number of aromatic amines is 1. The van der Waals surface area contributed by atoms with E-state index in [1.54, 1.807) is 10.8 Å². The zero-order chi connectivity index (χ0) is 25.0. The number of hydrogen-bond donors (Lipinski definition) is 2. The molecule has 11 heteroatoms. The summed E-state index contributed by atoms with van der Waals surface area (Å²) in [5, 5.41) is 17.4. The van der Waals surface area contributed by atoms with E-state index in [-0.39, 0.29) is 11.6 Å². The summed E-state index contributed by atoms with van der Waals surface area (Å²) < 4.78 is 1.81. The predicted molar refractivity (Wildman–Crippen MR) is 141 cm³/mol. The van der Waals surface area contributed by atoms with E-state index in [0.717, 1.165) is 69.0 Å². The molecular weight excluding hydrogens is 468 g/mol. The van der Waals surface area contributed by atoms with Crippen molar-refractivity contribution in [1.29, 1.82) is 0 Å². The molecule has 0 amide bonds. The van der Waals surface area contributed by atoms with Gasteiger partial charge in [0.15, 0.2) is 5.65 Å². The molecular formula is C26H32N10O. The second-order valence-corrected chi connectivity index (χ2v) is 10.1. The van der Waals surface area contributed by atoms with Crippen LogP contribution in [0.15, 0.2) is 41.5 Å². The molecule has 4 aromatic rings. The maximum absolute atomic E-state index is 12.6. The number of hydrogen-bond acceptors (Lipinski definition) is 9. The second-order valence-electron chi connectivity index (χ2n) is 10.1. The van der Waals surface area contributed by atoms with Crippen LogP contribution in [0.1, 0.15) is 63.2 Å². The van der Waals surface area contributed by atoms with Gasteiger partial charge < -0.3 is 10.2 Å². The number of aromatic nitrogens is 8. The summed E-state index contributed by atoms with van der Waals surface area (Å²) in [5.74, 6) is 2.11. The van der Waals surface area contributed by atoms with Crippen molar-refractivity contribution in [2.45, 2.75) is 63.8 Å². The molecule has 0 atom stereocenters. The molecule has 2 N–H and O–H groups in total. The van der Waals surface area contributed by atoms with Gasteiger partial charge in [-0.15, -0.1) is 5.10 Å². The van der Waals surface area contributed by atoms with Gasteiger partial charge in [-0.1, -0.05) is 12.8 Å². The van der Waals surface area contributed by atoms with E-state index in [4.69, 9.17) is 4.98 Å². The van der Waals surface area contributed by atoms with Crippen LogP contribution >= 0.6 is 0 Å². The molecule has 2 aliphatic rings. The van der Waals surface area contributed by atoms with Crippen LogP contribution in [0.2, 0.25) is 0 Å². The maximum Gasteiger partial charge on any atom is 0.270 e. The lowest BCUT2D eigenvalue weighted by atomic mass is 9.91. The zero-order valence-corrected chi connectivity index (χ0v) is 20.9. The molecule has 3 aromatic heterocycles. The highest BCUT2D eigenvalue weighted by atomic mass is 16.1. The normalized spacial score (nSPS) is 17.0. The maximum atomic E-state index is 12.6. The summed E-state index contributed by atoms with van der Waals surface area (Å²) in [6.07, 6.45) is 13.0. The van der Waals surface area contributed by atoms with E-state index in [2.05, 4.69) is 65.1 Å². The van der Waals surface area contributed by atoms with Crippen LogP contribution in [0.3, 0.4) is 0 Å². The fourth-order valence-electron chi connectivity index (χ4n) is 5.71. The average Bonchev–Trinajstić information content (AvgIpc) is 3.65. The Hall–Kier alpha value is -3.89. The summed E-state index contributed by atoms with van der Waals surface area (Å²) in [5.41, 5.74) is 3.30. The molecule has 1 saturated carbocycles. The fourth-order valence-corrected chi connectivity index (χ4v) is 5.71. The Balaban J connectivity index is 1.07. The smallest absolute Gasteiger partial charge is 0.270 e. The molecule has 37 heavy (non-hydrogen) atoms. The van der Waals surface area contributed by atoms with Crippen molar-refractivity contribution in [3.8, 4) is 0 Å². The summed E-state index contributed by atoms with van der Waals surface area (Å²) in [4.78, 5) is 28.4. The highest BCUT2D eigenvalue weighted by Gasteiger charge is 2.22. The first-order chi connectivity index (χ1) is 18.2. The van der Waals surface area contributed by atoms with Gasteiger partial charge in [-0.3, -0.25) is 9.36 Å². The summed E-state index contributed by atoms with van der Waals surface area (Å²) in [6, 6.07) is 8.61. The minimum Gasteiger partial charge on any atom is -0.372 e. The van der Waals surface area contributed by atoms with E-state index in [9.17, 15) is 4.79 Å². The zero-order valence-electron chi connectivity index (χ0n) is 20.9. The van der Waals surface area contributed by atoms with E-state index >= 15 is 0 Å². The minimum atomic E-state index is -0.0932. The highest BCUT2D eigenvalue weighted by Crippen LogP contribution is 2.30. The van der Waals surface area contributed by atoms with Crippen molar-refractivity contribution in [2.75, 3.05) is 23.3 Å². The first-order valence-corrected chi connectivity index (χ1v) is 13.3. The fraction of sp³-hybridized carbons (Fsp3) is 0.500. The number of aryl methyl sites for hydroxylation is 1. The molecule has 2 fully saturated rings. The SMILES string of the molecule is O=c1cnc2cnc(Nc3ccc(N4CCC(CCCc5nnn[nH]5)CC4)cc3)nc2n1C1CCCC1. The number of H-pyrrole nitrogens is 1. The van der Waals surface area contributed by atoms with Crippen molar-refractivity contribution >= 4 is 28.5 Å². The lowest BCUT2D eigenvalue weighted by Gasteiger charge is -2.33. The molecule has 0 radical (unpaired) electrons. The van der Waals surface area contributed by atoms with Gasteiger partial charge in [0.25, 0.3) is 5.56 Å². The molecule has 192 valence electrons. The van der Waals surface area contributed by atoms with Crippen molar-refractivity contribution in [2.24, 2.45) is 5.92 Å². The highest BCUT2D eigenvalue weighted by molar-refractivity contribution is 5.71. The van der Waals surface area contributed by atoms with E-state index in [0.29, 0.717) is 17.1 Å². The molecule has 0 bridgehead atoms. The molecule has 1 aliphatic heterocycles. The third-order valence-corrected chi connectivity index (χ3v) is 7.74. The Labute approximate surface area is 214 Å². The van der Waals surface area contributed by atoms with Gasteiger partial charge in [0.1, 0.15) is 11.3 Å². The molecule has 1 saturated heterocycles. The van der Waals surface area contributed by atoms with Gasteiger partial charge in [-0.05, 0) is 79.1 Å². The largest absolute Gasteiger partial charge is 0.372 e. The molecule has 0 spiro atoms. The van der Waals surface area contributed by atoms with Gasteiger partial charge in [0.2, 0.25) is 5.95 Å². The van der Waals surface area contributed by atoms with Crippen LogP contribution in [0.4, 0.5) is 17.3 Å². The molecule has 11 nitrogen and oxygen atoms in total. The number of piperidine rings is 1. The topological polar surface area (TPSA) is 130 Å². The molecule has 1 aromatic carbocycles. The van der Waals surface area contributed by atoms with Crippen molar-refractivity contribution in [3.05, 3.63) is 52.8 Å². The number of benzene rings is 1. The van der Waals surface area contributed by atoms with Crippen LogP contribution < -0.4 is 15.8 Å². The Morgan fingerprint density at radius 2 is 1.81 bits per heavy atom. The Morgan fingerprint density at radius 3 is 2.57 bits per heavy atom. The Morgan fingerprint density at radius 1 is 1.00 bits per heavy atom. The van der Waals surface area contributed by atoms with Crippen molar-refractivity contribution in [3.63, 3.8) is 0 Å². The average molecular weight is 501 g/mol. The van der Waals surface area contributed by atoms with Gasteiger partial charge in [-0.25, -0.2) is 15.1 Å². The van der Waals surface area contributed by atoms with Gasteiger partial charge in [0.05, 0.1) is 12.4 Å². The monoisotopic (exact) mass is 500 g/mol. The van der Waals surface area contributed by atoms with Crippen LogP contribution in [0.25, 0.3) is 11.2 Å². The lowest BCUT2D eigenvalue weighted by Crippen LogP contribution is -2.33. The van der Waals surface area contributed by atoms with Gasteiger partial charge in [0, 0.05) is 36.9 Å². The van der Waals surface area contributed by atoms with Crippen molar-refractivity contribution < 1.29 is 0 Å². The molecule has 6 rings (SSSR count). The first-order valence-electron chi connectivity index (χ1n) is 13.3. The third-order valence-electron chi connectivity index (χ3n) is 7.74. The number of nitrogens with one attached hydrogen (secondary N) is 2. The number of fused-ring (bicyclic) bond motifs is 1. The summed E-state index contributed by atoms with van der Waals surface area (Å²) in [6.45, 7) is 2.14. The number of rotatable bonds is 8. The van der Waals surface area contributed by atoms with Gasteiger partial charge >= 0.3 is 0 Å². The first kappa shape index (κ1) is 23.5. The third kappa shape index (κ3) is 5.30. The predicted octanol–water partition coefficient (Wildman–Crippen LogP) is 3.80. The summed E-state index contributed by atoms with van der Waals surface area (Å²) in [7, 11) is 0. The van der Waals surface area contributed by atoms with E-state index < -0.39 is 0 Å². The molecule has 1 aliphatic carbocycles. The van der Waals surface area contributed by atoms with E-state index in [1.807, 2.05) is 0 Å². The Bertz CT molecular complexity index is 1370. The van der Waals surface area contributed by atoms with E-state index in [1.165, 1.54) is 31.1 Å². The Kier molecular flexibility index (Phi) is 6.74. The number of anilines is 3. The number of tetrazole rings is 1. The van der Waals surface area contributed by atoms with Crippen LogP contribution in [0, 0.1) is 5.92 Å². The summed E-state index contributed by atoms with van der Waals surface area (Å²) >= 11 is 0. The van der Waals surface area contributed by atoms with Crippen LogP contribution in [-0.2, 0) is 6.42 Å². The molecule has 4 heterocycles. The quantitative estimate of drug-likeness (QED) is 0.371. The molecule has 0 unspecified atom stereocenters.